The third-order valence-electron chi connectivity index (χ3n) is 4.73. The first-order valence-electron chi connectivity index (χ1n) is 8.19. The highest BCUT2D eigenvalue weighted by atomic mass is 16.5. The van der Waals surface area contributed by atoms with E-state index in [1.54, 1.807) is 0 Å². The summed E-state index contributed by atoms with van der Waals surface area (Å²) in [6.45, 7) is 7.52. The minimum Gasteiger partial charge on any atom is -0.381 e. The zero-order valence-corrected chi connectivity index (χ0v) is 13.3. The molecule has 1 N–H and O–H groups in total. The van der Waals surface area contributed by atoms with Gasteiger partial charge in [-0.3, -0.25) is 9.59 Å². The summed E-state index contributed by atoms with van der Waals surface area (Å²) in [5.74, 6) is 0.904. The second-order valence-electron chi connectivity index (χ2n) is 6.54. The van der Waals surface area contributed by atoms with Gasteiger partial charge < -0.3 is 15.0 Å². The SMILES string of the molecule is CCOCCC(=O)N1CCC(CNC(=O)C2(C)CC2)CC1. The van der Waals surface area contributed by atoms with Gasteiger partial charge in [0, 0.05) is 31.7 Å². The number of carbonyl (C=O) groups is 2. The molecule has 2 fully saturated rings. The van der Waals surface area contributed by atoms with Crippen LogP contribution in [0, 0.1) is 11.3 Å². The van der Waals surface area contributed by atoms with Crippen LogP contribution in [-0.4, -0.2) is 49.6 Å². The molecule has 1 aliphatic heterocycles. The average Bonchev–Trinajstić information content (AvgIpc) is 3.24. The number of amides is 2. The van der Waals surface area contributed by atoms with E-state index in [1.165, 1.54) is 0 Å². The fraction of sp³-hybridized carbons (Fsp3) is 0.875. The van der Waals surface area contributed by atoms with E-state index in [2.05, 4.69) is 5.32 Å². The van der Waals surface area contributed by atoms with Gasteiger partial charge in [-0.1, -0.05) is 6.92 Å². The van der Waals surface area contributed by atoms with E-state index in [0.29, 0.717) is 25.6 Å². The lowest BCUT2D eigenvalue weighted by Crippen LogP contribution is -2.42. The predicted octanol–water partition coefficient (Wildman–Crippen LogP) is 1.57. The van der Waals surface area contributed by atoms with Crippen LogP contribution in [-0.2, 0) is 14.3 Å². The van der Waals surface area contributed by atoms with Crippen molar-refractivity contribution < 1.29 is 14.3 Å². The van der Waals surface area contributed by atoms with Crippen LogP contribution in [0.15, 0.2) is 0 Å². The van der Waals surface area contributed by atoms with Gasteiger partial charge in [-0.05, 0) is 38.5 Å². The summed E-state index contributed by atoms with van der Waals surface area (Å²) in [6.07, 6.45) is 4.49. The highest BCUT2D eigenvalue weighted by molar-refractivity contribution is 5.84. The van der Waals surface area contributed by atoms with Gasteiger partial charge in [-0.15, -0.1) is 0 Å². The molecule has 1 saturated carbocycles. The van der Waals surface area contributed by atoms with Gasteiger partial charge in [-0.25, -0.2) is 0 Å². The standard InChI is InChI=1S/C16H28N2O3/c1-3-21-11-6-14(19)18-9-4-13(5-10-18)12-17-15(20)16(2)7-8-16/h13H,3-12H2,1-2H3,(H,17,20). The Hall–Kier alpha value is -1.10. The molecule has 0 radical (unpaired) electrons. The first kappa shape index (κ1) is 16.3. The van der Waals surface area contributed by atoms with Crippen LogP contribution in [0.4, 0.5) is 0 Å². The minimum atomic E-state index is -0.0874. The summed E-state index contributed by atoms with van der Waals surface area (Å²) >= 11 is 0. The molecule has 120 valence electrons. The molecule has 2 aliphatic rings. The van der Waals surface area contributed by atoms with Crippen molar-refractivity contribution in [2.45, 2.75) is 46.0 Å². The van der Waals surface area contributed by atoms with Crippen LogP contribution in [0.2, 0.25) is 0 Å². The van der Waals surface area contributed by atoms with Crippen molar-refractivity contribution in [3.8, 4) is 0 Å². The Bertz CT molecular complexity index is 372. The van der Waals surface area contributed by atoms with Gasteiger partial charge in [0.15, 0.2) is 0 Å². The molecular formula is C16H28N2O3. The lowest BCUT2D eigenvalue weighted by Gasteiger charge is -2.32. The maximum atomic E-state index is 12.0. The molecule has 1 heterocycles. The van der Waals surface area contributed by atoms with Crippen LogP contribution in [0.1, 0.15) is 46.0 Å². The minimum absolute atomic E-state index is 0.0874. The zero-order valence-electron chi connectivity index (χ0n) is 13.3. The molecule has 5 nitrogen and oxygen atoms in total. The Morgan fingerprint density at radius 1 is 1.29 bits per heavy atom. The highest BCUT2D eigenvalue weighted by Crippen LogP contribution is 2.45. The van der Waals surface area contributed by atoms with Crippen LogP contribution < -0.4 is 5.32 Å². The van der Waals surface area contributed by atoms with Crippen molar-refractivity contribution in [3.63, 3.8) is 0 Å². The van der Waals surface area contributed by atoms with Crippen molar-refractivity contribution >= 4 is 11.8 Å². The molecule has 0 aromatic carbocycles. The summed E-state index contributed by atoms with van der Waals surface area (Å²) in [7, 11) is 0. The van der Waals surface area contributed by atoms with E-state index in [0.717, 1.165) is 45.3 Å². The van der Waals surface area contributed by atoms with Gasteiger partial charge in [0.2, 0.25) is 11.8 Å². The van der Waals surface area contributed by atoms with Crippen molar-refractivity contribution in [1.82, 2.24) is 10.2 Å². The predicted molar refractivity (Wildman–Crippen MR) is 80.8 cm³/mol. The number of ether oxygens (including phenoxy) is 1. The van der Waals surface area contributed by atoms with E-state index in [4.69, 9.17) is 4.74 Å². The van der Waals surface area contributed by atoms with Gasteiger partial charge in [0.25, 0.3) is 0 Å². The summed E-state index contributed by atoms with van der Waals surface area (Å²) in [5.41, 5.74) is -0.0874. The van der Waals surface area contributed by atoms with Crippen LogP contribution >= 0.6 is 0 Å². The summed E-state index contributed by atoms with van der Waals surface area (Å²) in [5, 5.41) is 3.08. The van der Waals surface area contributed by atoms with Gasteiger partial charge in [-0.2, -0.15) is 0 Å². The number of nitrogens with one attached hydrogen (secondary N) is 1. The van der Waals surface area contributed by atoms with E-state index in [1.807, 2.05) is 18.7 Å². The summed E-state index contributed by atoms with van der Waals surface area (Å²) in [4.78, 5) is 25.8. The molecule has 0 aromatic rings. The molecule has 21 heavy (non-hydrogen) atoms. The fourth-order valence-corrected chi connectivity index (χ4v) is 2.71. The fourth-order valence-electron chi connectivity index (χ4n) is 2.71. The molecule has 0 unspecified atom stereocenters. The Kier molecular flexibility index (Phi) is 5.62. The lowest BCUT2D eigenvalue weighted by atomic mass is 9.96. The zero-order chi connectivity index (χ0) is 15.3. The maximum absolute atomic E-state index is 12.0. The number of likely N-dealkylation sites (tertiary alicyclic amines) is 1. The molecule has 2 rings (SSSR count). The number of piperidine rings is 1. The maximum Gasteiger partial charge on any atom is 0.225 e. The Balaban J connectivity index is 1.61. The van der Waals surface area contributed by atoms with Crippen molar-refractivity contribution in [3.05, 3.63) is 0 Å². The smallest absolute Gasteiger partial charge is 0.225 e. The molecule has 5 heteroatoms. The number of hydrogen-bond donors (Lipinski definition) is 1. The highest BCUT2D eigenvalue weighted by Gasteiger charge is 2.44. The van der Waals surface area contributed by atoms with Crippen LogP contribution in [0.5, 0.6) is 0 Å². The van der Waals surface area contributed by atoms with Crippen molar-refractivity contribution in [2.75, 3.05) is 32.8 Å². The summed E-state index contributed by atoms with van der Waals surface area (Å²) < 4.78 is 5.22. The van der Waals surface area contributed by atoms with Crippen LogP contribution in [0.25, 0.3) is 0 Å². The molecule has 0 aromatic heterocycles. The Labute approximate surface area is 127 Å². The second kappa shape index (κ2) is 7.25. The third kappa shape index (κ3) is 4.70. The molecule has 1 saturated heterocycles. The van der Waals surface area contributed by atoms with Crippen LogP contribution in [0.3, 0.4) is 0 Å². The molecule has 2 amide bonds. The quantitative estimate of drug-likeness (QED) is 0.726. The number of rotatable bonds is 7. The second-order valence-corrected chi connectivity index (χ2v) is 6.54. The van der Waals surface area contributed by atoms with E-state index >= 15 is 0 Å². The summed E-state index contributed by atoms with van der Waals surface area (Å²) in [6, 6.07) is 0. The molecule has 0 bridgehead atoms. The monoisotopic (exact) mass is 296 g/mol. The van der Waals surface area contributed by atoms with Crippen molar-refractivity contribution in [1.29, 1.82) is 0 Å². The number of nitrogens with zero attached hydrogens (tertiary/aromatic N) is 1. The molecular weight excluding hydrogens is 268 g/mol. The van der Waals surface area contributed by atoms with E-state index in [9.17, 15) is 9.59 Å². The Morgan fingerprint density at radius 2 is 1.95 bits per heavy atom. The van der Waals surface area contributed by atoms with E-state index < -0.39 is 0 Å². The molecule has 1 aliphatic carbocycles. The average molecular weight is 296 g/mol. The Morgan fingerprint density at radius 3 is 2.52 bits per heavy atom. The topological polar surface area (TPSA) is 58.6 Å². The van der Waals surface area contributed by atoms with Gasteiger partial charge in [0.05, 0.1) is 13.0 Å². The largest absolute Gasteiger partial charge is 0.381 e. The molecule has 0 atom stereocenters. The number of carbonyl (C=O) groups excluding carboxylic acids is 2. The van der Waals surface area contributed by atoms with Gasteiger partial charge in [0.1, 0.15) is 0 Å². The molecule has 0 spiro atoms. The first-order valence-corrected chi connectivity index (χ1v) is 8.19. The van der Waals surface area contributed by atoms with Gasteiger partial charge >= 0.3 is 0 Å². The first-order chi connectivity index (χ1) is 10.0. The lowest BCUT2D eigenvalue weighted by molar-refractivity contribution is -0.134. The number of hydrogen-bond acceptors (Lipinski definition) is 3. The van der Waals surface area contributed by atoms with E-state index in [-0.39, 0.29) is 17.2 Å². The van der Waals surface area contributed by atoms with Crippen molar-refractivity contribution in [2.24, 2.45) is 11.3 Å². The third-order valence-corrected chi connectivity index (χ3v) is 4.73. The normalized spacial score (nSPS) is 21.1.